The largest absolute Gasteiger partial charge is 0.380 e. The predicted molar refractivity (Wildman–Crippen MR) is 52.7 cm³/mol. The molecule has 1 aromatic rings. The van der Waals surface area contributed by atoms with E-state index in [2.05, 4.69) is 30.1 Å². The van der Waals surface area contributed by atoms with Gasteiger partial charge in [-0.3, -0.25) is 0 Å². The van der Waals surface area contributed by atoms with Crippen LogP contribution in [0.5, 0.6) is 0 Å². The van der Waals surface area contributed by atoms with E-state index >= 15 is 0 Å². The van der Waals surface area contributed by atoms with Crippen molar-refractivity contribution in [2.75, 3.05) is 19.0 Å². The topological polar surface area (TPSA) is 9.23 Å². The van der Waals surface area contributed by atoms with Gasteiger partial charge in [-0.25, -0.2) is 0 Å². The minimum atomic E-state index is 0.758. The Morgan fingerprint density at radius 3 is 3.00 bits per heavy atom. The van der Waals surface area contributed by atoms with E-state index in [0.717, 1.165) is 25.4 Å². The molecule has 0 aliphatic carbocycles. The first-order valence-corrected chi connectivity index (χ1v) is 5.15. The number of hydrogen-bond donors (Lipinski definition) is 1. The van der Waals surface area contributed by atoms with Crippen LogP contribution in [0.4, 0.5) is 0 Å². The number of ether oxygens (including phenoxy) is 1. The molecule has 0 aromatic carbocycles. The van der Waals surface area contributed by atoms with Crippen LogP contribution in [0.15, 0.2) is 17.5 Å². The molecule has 0 atom stereocenters. The monoisotopic (exact) mass is 188 g/mol. The van der Waals surface area contributed by atoms with E-state index in [1.807, 2.05) is 0 Å². The van der Waals surface area contributed by atoms with Gasteiger partial charge in [0.15, 0.2) is 0 Å². The Labute approximate surface area is 76.8 Å². The van der Waals surface area contributed by atoms with Crippen LogP contribution in [0, 0.1) is 0 Å². The van der Waals surface area contributed by atoms with Crippen molar-refractivity contribution in [2.45, 2.75) is 6.42 Å². The molecule has 0 N–H and O–H groups in total. The van der Waals surface area contributed by atoms with E-state index in [1.165, 1.54) is 4.88 Å². The van der Waals surface area contributed by atoms with Crippen LogP contribution >= 0.6 is 24.0 Å². The second-order valence-corrected chi connectivity index (χ2v) is 3.64. The van der Waals surface area contributed by atoms with E-state index in [9.17, 15) is 0 Å². The zero-order valence-corrected chi connectivity index (χ0v) is 8.04. The third-order valence-corrected chi connectivity index (χ3v) is 2.43. The summed E-state index contributed by atoms with van der Waals surface area (Å²) in [5.74, 6) is 0.810. The third-order valence-electron chi connectivity index (χ3n) is 1.31. The Morgan fingerprint density at radius 2 is 2.36 bits per heavy atom. The van der Waals surface area contributed by atoms with Crippen molar-refractivity contribution in [3.63, 3.8) is 0 Å². The van der Waals surface area contributed by atoms with Crippen molar-refractivity contribution >= 4 is 24.0 Å². The first-order valence-electron chi connectivity index (χ1n) is 3.64. The summed E-state index contributed by atoms with van der Waals surface area (Å²) in [4.78, 5) is 1.39. The lowest BCUT2D eigenvalue weighted by molar-refractivity contribution is 0.154. The Hall–Kier alpha value is 0.01000. The van der Waals surface area contributed by atoms with Crippen LogP contribution in [0.25, 0.3) is 0 Å². The summed E-state index contributed by atoms with van der Waals surface area (Å²) in [6.07, 6.45) is 1.03. The SMILES string of the molecule is SCCOCCc1cccs1. The van der Waals surface area contributed by atoms with Gasteiger partial charge >= 0.3 is 0 Å². The van der Waals surface area contributed by atoms with Crippen molar-refractivity contribution in [2.24, 2.45) is 0 Å². The molecule has 1 heterocycles. The van der Waals surface area contributed by atoms with Gasteiger partial charge in [-0.2, -0.15) is 12.6 Å². The van der Waals surface area contributed by atoms with Crippen molar-refractivity contribution < 1.29 is 4.74 Å². The van der Waals surface area contributed by atoms with Gasteiger partial charge in [0, 0.05) is 17.1 Å². The molecule has 0 bridgehead atoms. The van der Waals surface area contributed by atoms with Gasteiger partial charge in [-0.05, 0) is 11.4 Å². The standard InChI is InChI=1S/C8H12OS2/c10-6-5-9-4-3-8-2-1-7-11-8/h1-2,7,10H,3-6H2. The number of rotatable bonds is 5. The van der Waals surface area contributed by atoms with E-state index in [1.54, 1.807) is 11.3 Å². The van der Waals surface area contributed by atoms with Crippen molar-refractivity contribution in [3.05, 3.63) is 22.4 Å². The highest BCUT2D eigenvalue weighted by atomic mass is 32.1. The maximum Gasteiger partial charge on any atom is 0.0554 e. The van der Waals surface area contributed by atoms with Crippen LogP contribution in [0.2, 0.25) is 0 Å². The molecule has 0 aliphatic heterocycles. The molecule has 1 aromatic heterocycles. The summed E-state index contributed by atoms with van der Waals surface area (Å²) in [6.45, 7) is 1.58. The van der Waals surface area contributed by atoms with Crippen molar-refractivity contribution in [3.8, 4) is 0 Å². The van der Waals surface area contributed by atoms with Crippen LogP contribution in [0.1, 0.15) is 4.88 Å². The number of thiophene rings is 1. The average Bonchev–Trinajstić information content (AvgIpc) is 2.50. The normalized spacial score (nSPS) is 10.3. The van der Waals surface area contributed by atoms with Gasteiger partial charge in [0.2, 0.25) is 0 Å². The fourth-order valence-corrected chi connectivity index (χ4v) is 1.61. The molecule has 1 nitrogen and oxygen atoms in total. The summed E-state index contributed by atoms with van der Waals surface area (Å²) in [5, 5.41) is 2.09. The highest BCUT2D eigenvalue weighted by molar-refractivity contribution is 7.80. The van der Waals surface area contributed by atoms with Gasteiger partial charge in [0.05, 0.1) is 13.2 Å². The summed E-state index contributed by atoms with van der Waals surface area (Å²) in [6, 6.07) is 4.20. The molecule has 1 rings (SSSR count). The summed E-state index contributed by atoms with van der Waals surface area (Å²) < 4.78 is 5.29. The first-order chi connectivity index (χ1) is 5.43. The summed E-state index contributed by atoms with van der Waals surface area (Å²) >= 11 is 5.83. The van der Waals surface area contributed by atoms with Crippen LogP contribution < -0.4 is 0 Å². The van der Waals surface area contributed by atoms with E-state index < -0.39 is 0 Å². The average molecular weight is 188 g/mol. The zero-order valence-electron chi connectivity index (χ0n) is 6.32. The van der Waals surface area contributed by atoms with Crippen LogP contribution in [0.3, 0.4) is 0 Å². The zero-order chi connectivity index (χ0) is 7.94. The lowest BCUT2D eigenvalue weighted by Gasteiger charge is -1.98. The van der Waals surface area contributed by atoms with E-state index in [0.29, 0.717) is 0 Å². The lowest BCUT2D eigenvalue weighted by Crippen LogP contribution is -1.99. The Bertz CT molecular complexity index is 172. The number of hydrogen-bond acceptors (Lipinski definition) is 3. The van der Waals surface area contributed by atoms with E-state index in [4.69, 9.17) is 4.74 Å². The molecule has 0 unspecified atom stereocenters. The molecule has 11 heavy (non-hydrogen) atoms. The minimum absolute atomic E-state index is 0.758. The number of thiol groups is 1. The predicted octanol–water partition coefficient (Wildman–Crippen LogP) is 2.24. The smallest absolute Gasteiger partial charge is 0.0554 e. The molecule has 62 valence electrons. The third kappa shape index (κ3) is 3.79. The quantitative estimate of drug-likeness (QED) is 0.551. The minimum Gasteiger partial charge on any atom is -0.380 e. The maximum absolute atomic E-state index is 5.29. The lowest BCUT2D eigenvalue weighted by atomic mass is 10.4. The molecular weight excluding hydrogens is 176 g/mol. The maximum atomic E-state index is 5.29. The van der Waals surface area contributed by atoms with Gasteiger partial charge in [-0.15, -0.1) is 11.3 Å². The highest BCUT2D eigenvalue weighted by Crippen LogP contribution is 2.08. The van der Waals surface area contributed by atoms with Gasteiger partial charge < -0.3 is 4.74 Å². The van der Waals surface area contributed by atoms with Crippen LogP contribution in [-0.2, 0) is 11.2 Å². The van der Waals surface area contributed by atoms with E-state index in [-0.39, 0.29) is 0 Å². The Morgan fingerprint density at radius 1 is 1.45 bits per heavy atom. The summed E-state index contributed by atoms with van der Waals surface area (Å²) in [7, 11) is 0. The molecular formula is C8H12OS2. The van der Waals surface area contributed by atoms with Gasteiger partial charge in [-0.1, -0.05) is 6.07 Å². The molecule has 0 saturated carbocycles. The second kappa shape index (κ2) is 5.63. The molecule has 0 amide bonds. The molecule has 0 aliphatic rings. The van der Waals surface area contributed by atoms with Gasteiger partial charge in [0.1, 0.15) is 0 Å². The second-order valence-electron chi connectivity index (χ2n) is 2.17. The van der Waals surface area contributed by atoms with Crippen molar-refractivity contribution in [1.82, 2.24) is 0 Å². The van der Waals surface area contributed by atoms with Gasteiger partial charge in [0.25, 0.3) is 0 Å². The molecule has 0 fully saturated rings. The van der Waals surface area contributed by atoms with Crippen molar-refractivity contribution in [1.29, 1.82) is 0 Å². The molecule has 0 saturated heterocycles. The fraction of sp³-hybridized carbons (Fsp3) is 0.500. The summed E-state index contributed by atoms with van der Waals surface area (Å²) in [5.41, 5.74) is 0. The Kier molecular flexibility index (Phi) is 4.66. The highest BCUT2D eigenvalue weighted by Gasteiger charge is 1.92. The Balaban J connectivity index is 2.04. The first kappa shape index (κ1) is 9.10. The van der Waals surface area contributed by atoms with Crippen LogP contribution in [-0.4, -0.2) is 19.0 Å². The molecule has 0 spiro atoms. The fourth-order valence-electron chi connectivity index (χ4n) is 0.794. The molecule has 0 radical (unpaired) electrons. The molecule has 3 heteroatoms.